The van der Waals surface area contributed by atoms with E-state index in [1.54, 1.807) is 20.5 Å². The van der Waals surface area contributed by atoms with Crippen LogP contribution in [-0.2, 0) is 13.0 Å². The summed E-state index contributed by atoms with van der Waals surface area (Å²) in [6.07, 6.45) is 3.60. The minimum absolute atomic E-state index is 0.519. The molecule has 164 valence electrons. The Morgan fingerprint density at radius 2 is 1.94 bits per heavy atom. The molecule has 0 amide bonds. The van der Waals surface area contributed by atoms with Crippen molar-refractivity contribution in [2.45, 2.75) is 26.3 Å². The largest absolute Gasteiger partial charge is 0.493 e. The van der Waals surface area contributed by atoms with Crippen LogP contribution < -0.4 is 20.1 Å². The molecule has 0 atom stereocenters. The van der Waals surface area contributed by atoms with Gasteiger partial charge in [0.05, 0.1) is 20.3 Å². The predicted molar refractivity (Wildman–Crippen MR) is 122 cm³/mol. The Kier molecular flexibility index (Phi) is 8.28. The number of guanidine groups is 1. The first-order valence-corrected chi connectivity index (χ1v) is 10.4. The fraction of sp³-hybridized carbons (Fsp3) is 0.348. The Hall–Kier alpha value is -3.55. The molecule has 0 radical (unpaired) electrons. The van der Waals surface area contributed by atoms with Gasteiger partial charge in [0.25, 0.3) is 0 Å². The molecule has 0 spiro atoms. The van der Waals surface area contributed by atoms with Crippen LogP contribution in [0.2, 0.25) is 0 Å². The van der Waals surface area contributed by atoms with Crippen LogP contribution >= 0.6 is 0 Å². The van der Waals surface area contributed by atoms with E-state index in [0.29, 0.717) is 13.2 Å². The van der Waals surface area contributed by atoms with Crippen LogP contribution in [0.4, 0.5) is 0 Å². The lowest BCUT2D eigenvalue weighted by Crippen LogP contribution is -2.38. The Bertz CT molecular complexity index is 971. The van der Waals surface area contributed by atoms with Crippen LogP contribution in [-0.4, -0.2) is 48.0 Å². The fourth-order valence-corrected chi connectivity index (χ4v) is 3.21. The number of aryl methyl sites for hydroxylation is 1. The zero-order valence-electron chi connectivity index (χ0n) is 18.3. The van der Waals surface area contributed by atoms with Crippen molar-refractivity contribution in [3.8, 4) is 17.2 Å². The molecule has 8 heteroatoms. The van der Waals surface area contributed by atoms with Gasteiger partial charge in [0.2, 0.25) is 0 Å². The summed E-state index contributed by atoms with van der Waals surface area (Å²) in [7, 11) is 3.41. The van der Waals surface area contributed by atoms with Crippen LogP contribution in [0.25, 0.3) is 5.69 Å². The lowest BCUT2D eigenvalue weighted by atomic mass is 10.1. The first kappa shape index (κ1) is 22.1. The number of aromatic nitrogens is 3. The average Bonchev–Trinajstić information content (AvgIpc) is 3.28. The zero-order valence-corrected chi connectivity index (χ0v) is 18.3. The molecule has 0 unspecified atom stereocenters. The number of rotatable bonds is 10. The van der Waals surface area contributed by atoms with Gasteiger partial charge in [0.1, 0.15) is 6.33 Å². The molecule has 31 heavy (non-hydrogen) atoms. The molecule has 0 aliphatic rings. The molecule has 0 bridgehead atoms. The molecule has 1 heterocycles. The molecule has 8 nitrogen and oxygen atoms in total. The zero-order chi connectivity index (χ0) is 21.9. The van der Waals surface area contributed by atoms with Crippen molar-refractivity contribution in [3.05, 3.63) is 66.2 Å². The second-order valence-corrected chi connectivity index (χ2v) is 6.83. The summed E-state index contributed by atoms with van der Waals surface area (Å²) in [5.41, 5.74) is 2.24. The van der Waals surface area contributed by atoms with Crippen molar-refractivity contribution in [3.63, 3.8) is 0 Å². The van der Waals surface area contributed by atoms with Crippen molar-refractivity contribution in [1.29, 1.82) is 0 Å². The van der Waals surface area contributed by atoms with Crippen molar-refractivity contribution < 1.29 is 9.47 Å². The molecule has 3 aromatic rings. The number of aliphatic imine (C=N–C) groups is 1. The van der Waals surface area contributed by atoms with E-state index < -0.39 is 0 Å². The summed E-state index contributed by atoms with van der Waals surface area (Å²) in [6.45, 7) is 3.89. The minimum atomic E-state index is 0.519. The number of para-hydroxylation sites is 1. The average molecular weight is 423 g/mol. The van der Waals surface area contributed by atoms with Gasteiger partial charge < -0.3 is 20.1 Å². The van der Waals surface area contributed by atoms with Gasteiger partial charge in [-0.15, -0.1) is 10.2 Å². The second-order valence-electron chi connectivity index (χ2n) is 6.83. The summed E-state index contributed by atoms with van der Waals surface area (Å²) < 4.78 is 13.0. The Morgan fingerprint density at radius 3 is 2.68 bits per heavy atom. The highest BCUT2D eigenvalue weighted by Crippen LogP contribution is 2.28. The molecular weight excluding hydrogens is 392 g/mol. The second kappa shape index (κ2) is 11.6. The molecule has 0 saturated heterocycles. The summed E-state index contributed by atoms with van der Waals surface area (Å²) in [4.78, 5) is 4.30. The quantitative estimate of drug-likeness (QED) is 0.297. The summed E-state index contributed by atoms with van der Waals surface area (Å²) in [5, 5.41) is 14.9. The van der Waals surface area contributed by atoms with E-state index in [9.17, 15) is 0 Å². The van der Waals surface area contributed by atoms with E-state index in [0.717, 1.165) is 48.4 Å². The number of nitrogens with zero attached hydrogens (tertiary/aromatic N) is 4. The lowest BCUT2D eigenvalue weighted by molar-refractivity contribution is 0.310. The Balaban J connectivity index is 1.47. The van der Waals surface area contributed by atoms with E-state index in [1.165, 1.54) is 5.56 Å². The molecule has 1 aromatic heterocycles. The van der Waals surface area contributed by atoms with Gasteiger partial charge in [0, 0.05) is 19.3 Å². The maximum absolute atomic E-state index is 5.66. The number of ether oxygens (including phenoxy) is 2. The summed E-state index contributed by atoms with van der Waals surface area (Å²) in [6, 6.07) is 16.1. The van der Waals surface area contributed by atoms with Gasteiger partial charge in [-0.3, -0.25) is 9.56 Å². The first-order chi connectivity index (χ1) is 15.2. The predicted octanol–water partition coefficient (Wildman–Crippen LogP) is 2.97. The third-order valence-corrected chi connectivity index (χ3v) is 4.75. The molecule has 0 fully saturated rings. The molecule has 0 saturated carbocycles. The fourth-order valence-electron chi connectivity index (χ4n) is 3.21. The third kappa shape index (κ3) is 6.21. The number of nitrogens with one attached hydrogen (secondary N) is 2. The van der Waals surface area contributed by atoms with Gasteiger partial charge >= 0.3 is 0 Å². The van der Waals surface area contributed by atoms with Gasteiger partial charge in [0.15, 0.2) is 23.3 Å². The molecule has 0 aliphatic carbocycles. The van der Waals surface area contributed by atoms with Crippen molar-refractivity contribution in [2.75, 3.05) is 27.3 Å². The topological polar surface area (TPSA) is 85.6 Å². The van der Waals surface area contributed by atoms with Crippen LogP contribution in [0.5, 0.6) is 11.5 Å². The van der Waals surface area contributed by atoms with Crippen LogP contribution in [0.15, 0.2) is 59.9 Å². The maximum atomic E-state index is 5.66. The van der Waals surface area contributed by atoms with Crippen LogP contribution in [0, 0.1) is 0 Å². The molecular formula is C23H30N6O2. The van der Waals surface area contributed by atoms with Crippen LogP contribution in [0.1, 0.15) is 24.7 Å². The number of hydrogen-bond acceptors (Lipinski definition) is 5. The first-order valence-electron chi connectivity index (χ1n) is 10.4. The van der Waals surface area contributed by atoms with Crippen molar-refractivity contribution in [1.82, 2.24) is 25.4 Å². The van der Waals surface area contributed by atoms with E-state index in [2.05, 4.69) is 31.9 Å². The van der Waals surface area contributed by atoms with Crippen molar-refractivity contribution >= 4 is 5.96 Å². The normalized spacial score (nSPS) is 11.3. The summed E-state index contributed by atoms with van der Waals surface area (Å²) in [5.74, 6) is 3.09. The highest BCUT2D eigenvalue weighted by atomic mass is 16.5. The summed E-state index contributed by atoms with van der Waals surface area (Å²) >= 11 is 0. The van der Waals surface area contributed by atoms with Crippen molar-refractivity contribution in [2.24, 2.45) is 4.99 Å². The molecule has 3 rings (SSSR count). The van der Waals surface area contributed by atoms with E-state index in [1.807, 2.05) is 54.0 Å². The Labute approximate surface area is 183 Å². The number of hydrogen-bond donors (Lipinski definition) is 2. The van der Waals surface area contributed by atoms with E-state index in [4.69, 9.17) is 9.47 Å². The van der Waals surface area contributed by atoms with E-state index >= 15 is 0 Å². The highest BCUT2D eigenvalue weighted by molar-refractivity contribution is 5.79. The SMILES string of the molecule is CCOc1cc(CCCNC(=NC)NCc2nncn2-c2ccccc2)ccc1OC. The van der Waals surface area contributed by atoms with Gasteiger partial charge in [-0.05, 0) is 49.6 Å². The number of methoxy groups -OCH3 is 1. The lowest BCUT2D eigenvalue weighted by Gasteiger charge is -2.13. The van der Waals surface area contributed by atoms with Gasteiger partial charge in [-0.1, -0.05) is 24.3 Å². The van der Waals surface area contributed by atoms with Gasteiger partial charge in [-0.2, -0.15) is 0 Å². The standard InChI is InChI=1S/C23H30N6O2/c1-4-31-21-15-18(12-13-20(21)30-3)9-8-14-25-23(24-2)26-16-22-28-27-17-29(22)19-10-6-5-7-11-19/h5-7,10-13,15,17H,4,8-9,14,16H2,1-3H3,(H2,24,25,26). The molecule has 2 N–H and O–H groups in total. The number of benzene rings is 2. The Morgan fingerprint density at radius 1 is 1.10 bits per heavy atom. The molecule has 2 aromatic carbocycles. The monoisotopic (exact) mass is 422 g/mol. The van der Waals surface area contributed by atoms with Crippen LogP contribution in [0.3, 0.4) is 0 Å². The van der Waals surface area contributed by atoms with Gasteiger partial charge in [-0.25, -0.2) is 0 Å². The highest BCUT2D eigenvalue weighted by Gasteiger charge is 2.08. The maximum Gasteiger partial charge on any atom is 0.191 e. The molecule has 0 aliphatic heterocycles. The third-order valence-electron chi connectivity index (χ3n) is 4.75. The minimum Gasteiger partial charge on any atom is -0.493 e. The van der Waals surface area contributed by atoms with E-state index in [-0.39, 0.29) is 0 Å². The smallest absolute Gasteiger partial charge is 0.191 e.